The summed E-state index contributed by atoms with van der Waals surface area (Å²) in [4.78, 5) is 14.8. The summed E-state index contributed by atoms with van der Waals surface area (Å²) in [6.45, 7) is 2.22. The smallest absolute Gasteiger partial charge is 0.250 e. The Morgan fingerprint density at radius 2 is 1.85 bits per heavy atom. The van der Waals surface area contributed by atoms with E-state index in [0.29, 0.717) is 6.54 Å². The molecule has 1 aliphatic rings. The standard InChI is InChI=1S/C19H21FN2O3S/c1-3-16(19(23)21-13-12-14-8-4-6-10-17(14)21)22(26(2,24)25)18-11-7-5-9-15(18)20/h4-11,16H,3,12-13H2,1-2H3/t16-/m0/s1. The number of hydrogen-bond donors (Lipinski definition) is 0. The SMILES string of the molecule is CC[C@@H](C(=O)N1CCc2ccccc21)N(c1ccccc1F)S(C)(=O)=O. The summed E-state index contributed by atoms with van der Waals surface area (Å²) < 4.78 is 40.1. The summed E-state index contributed by atoms with van der Waals surface area (Å²) >= 11 is 0. The minimum Gasteiger partial charge on any atom is -0.310 e. The van der Waals surface area contributed by atoms with Crippen molar-refractivity contribution in [1.82, 2.24) is 0 Å². The fourth-order valence-electron chi connectivity index (χ4n) is 3.40. The van der Waals surface area contributed by atoms with E-state index in [9.17, 15) is 17.6 Å². The normalized spacial score (nSPS) is 14.8. The van der Waals surface area contributed by atoms with E-state index in [1.165, 1.54) is 18.2 Å². The summed E-state index contributed by atoms with van der Waals surface area (Å²) in [6, 6.07) is 12.2. The van der Waals surface area contributed by atoms with Gasteiger partial charge >= 0.3 is 0 Å². The maximum absolute atomic E-state index is 14.3. The van der Waals surface area contributed by atoms with Gasteiger partial charge in [0.2, 0.25) is 10.0 Å². The zero-order valence-corrected chi connectivity index (χ0v) is 15.5. The molecule has 0 aromatic heterocycles. The first kappa shape index (κ1) is 18.4. The molecule has 26 heavy (non-hydrogen) atoms. The number of carbonyl (C=O) groups excluding carboxylic acids is 1. The van der Waals surface area contributed by atoms with Crippen LogP contribution in [0, 0.1) is 5.82 Å². The van der Waals surface area contributed by atoms with Gasteiger partial charge in [-0.2, -0.15) is 0 Å². The second-order valence-corrected chi connectivity index (χ2v) is 8.16. The quantitative estimate of drug-likeness (QED) is 0.806. The first-order valence-electron chi connectivity index (χ1n) is 8.47. The van der Waals surface area contributed by atoms with E-state index in [1.807, 2.05) is 24.3 Å². The van der Waals surface area contributed by atoms with Crippen LogP contribution in [0.1, 0.15) is 18.9 Å². The highest BCUT2D eigenvalue weighted by atomic mass is 32.2. The predicted molar refractivity (Wildman–Crippen MR) is 100 cm³/mol. The Bertz CT molecular complexity index is 930. The molecule has 0 fully saturated rings. The number of carbonyl (C=O) groups is 1. The molecule has 3 rings (SSSR count). The Balaban J connectivity index is 2.03. The van der Waals surface area contributed by atoms with Crippen molar-refractivity contribution >= 4 is 27.3 Å². The number of rotatable bonds is 5. The average molecular weight is 376 g/mol. The van der Waals surface area contributed by atoms with Gasteiger partial charge in [0.1, 0.15) is 11.9 Å². The molecule has 0 spiro atoms. The van der Waals surface area contributed by atoms with Crippen molar-refractivity contribution in [3.63, 3.8) is 0 Å². The van der Waals surface area contributed by atoms with E-state index >= 15 is 0 Å². The molecule has 0 N–H and O–H groups in total. The van der Waals surface area contributed by atoms with Gasteiger partial charge in [0.15, 0.2) is 0 Å². The number of anilines is 2. The maximum atomic E-state index is 14.3. The number of amides is 1. The number of sulfonamides is 1. The molecule has 1 aliphatic heterocycles. The van der Waals surface area contributed by atoms with Crippen molar-refractivity contribution in [1.29, 1.82) is 0 Å². The van der Waals surface area contributed by atoms with Gasteiger partial charge in [0.05, 0.1) is 11.9 Å². The average Bonchev–Trinajstić information content (AvgIpc) is 3.03. The molecule has 2 aromatic rings. The van der Waals surface area contributed by atoms with Gasteiger partial charge in [-0.15, -0.1) is 0 Å². The Morgan fingerprint density at radius 3 is 2.50 bits per heavy atom. The number of nitrogens with zero attached hydrogens (tertiary/aromatic N) is 2. The maximum Gasteiger partial charge on any atom is 0.250 e. The lowest BCUT2D eigenvalue weighted by atomic mass is 10.1. The summed E-state index contributed by atoms with van der Waals surface area (Å²) in [6.07, 6.45) is 1.95. The molecule has 138 valence electrons. The molecule has 2 aromatic carbocycles. The lowest BCUT2D eigenvalue weighted by molar-refractivity contribution is -0.119. The van der Waals surface area contributed by atoms with Crippen molar-refractivity contribution in [3.05, 3.63) is 59.9 Å². The molecule has 1 amide bonds. The molecule has 0 saturated heterocycles. The van der Waals surface area contributed by atoms with Crippen molar-refractivity contribution in [2.24, 2.45) is 0 Å². The van der Waals surface area contributed by atoms with Crippen LogP contribution in [0.25, 0.3) is 0 Å². The van der Waals surface area contributed by atoms with E-state index in [2.05, 4.69) is 0 Å². The molecule has 0 saturated carbocycles. The summed E-state index contributed by atoms with van der Waals surface area (Å²) in [7, 11) is -3.86. The fraction of sp³-hybridized carbons (Fsp3) is 0.316. The van der Waals surface area contributed by atoms with Crippen molar-refractivity contribution in [2.45, 2.75) is 25.8 Å². The monoisotopic (exact) mass is 376 g/mol. The zero-order valence-electron chi connectivity index (χ0n) is 14.7. The van der Waals surface area contributed by atoms with Crippen LogP contribution in [0.3, 0.4) is 0 Å². The van der Waals surface area contributed by atoms with Crippen LogP contribution < -0.4 is 9.21 Å². The van der Waals surface area contributed by atoms with Gasteiger partial charge in [-0.3, -0.25) is 9.10 Å². The molecule has 5 nitrogen and oxygen atoms in total. The van der Waals surface area contributed by atoms with Crippen LogP contribution in [-0.2, 0) is 21.2 Å². The topological polar surface area (TPSA) is 57.7 Å². The summed E-state index contributed by atoms with van der Waals surface area (Å²) in [5.41, 5.74) is 1.73. The molecule has 1 heterocycles. The van der Waals surface area contributed by atoms with Crippen molar-refractivity contribution in [3.8, 4) is 0 Å². The van der Waals surface area contributed by atoms with Gasteiger partial charge in [0, 0.05) is 12.2 Å². The summed E-state index contributed by atoms with van der Waals surface area (Å²) in [5.74, 6) is -1.02. The zero-order chi connectivity index (χ0) is 18.9. The Hall–Kier alpha value is -2.41. The molecule has 0 radical (unpaired) electrons. The number of para-hydroxylation sites is 2. The molecule has 0 unspecified atom stereocenters. The highest BCUT2D eigenvalue weighted by molar-refractivity contribution is 7.92. The Morgan fingerprint density at radius 1 is 1.19 bits per heavy atom. The molecule has 0 aliphatic carbocycles. The summed E-state index contributed by atoms with van der Waals surface area (Å²) in [5, 5.41) is 0. The van der Waals surface area contributed by atoms with E-state index in [0.717, 1.165) is 28.2 Å². The van der Waals surface area contributed by atoms with Crippen LogP contribution in [0.4, 0.5) is 15.8 Å². The lowest BCUT2D eigenvalue weighted by Gasteiger charge is -2.33. The van der Waals surface area contributed by atoms with Gasteiger partial charge in [-0.1, -0.05) is 37.3 Å². The molecule has 1 atom stereocenters. The van der Waals surface area contributed by atoms with Crippen molar-refractivity contribution < 1.29 is 17.6 Å². The Labute approximate surface area is 153 Å². The molecular weight excluding hydrogens is 355 g/mol. The molecule has 7 heteroatoms. The largest absolute Gasteiger partial charge is 0.310 e. The van der Waals surface area contributed by atoms with Crippen LogP contribution in [-0.4, -0.2) is 33.2 Å². The minimum absolute atomic E-state index is 0.109. The van der Waals surface area contributed by atoms with Gasteiger partial charge in [0.25, 0.3) is 5.91 Å². The number of halogens is 1. The highest BCUT2D eigenvalue weighted by Gasteiger charge is 2.37. The number of hydrogen-bond acceptors (Lipinski definition) is 3. The van der Waals surface area contributed by atoms with Gasteiger partial charge < -0.3 is 4.90 Å². The predicted octanol–water partition coefficient (Wildman–Crippen LogP) is 2.96. The first-order valence-corrected chi connectivity index (χ1v) is 10.3. The lowest BCUT2D eigenvalue weighted by Crippen LogP contribution is -2.50. The van der Waals surface area contributed by atoms with Gasteiger partial charge in [-0.25, -0.2) is 12.8 Å². The van der Waals surface area contributed by atoms with E-state index in [-0.39, 0.29) is 18.0 Å². The Kier molecular flexibility index (Phi) is 5.00. The minimum atomic E-state index is -3.86. The molecular formula is C19H21FN2O3S. The van der Waals surface area contributed by atoms with Crippen LogP contribution in [0.5, 0.6) is 0 Å². The van der Waals surface area contributed by atoms with E-state index in [1.54, 1.807) is 17.9 Å². The van der Waals surface area contributed by atoms with Crippen LogP contribution >= 0.6 is 0 Å². The van der Waals surface area contributed by atoms with Crippen molar-refractivity contribution in [2.75, 3.05) is 22.0 Å². The third kappa shape index (κ3) is 3.31. The number of benzene rings is 2. The third-order valence-electron chi connectivity index (χ3n) is 4.56. The molecule has 0 bridgehead atoms. The van der Waals surface area contributed by atoms with Crippen LogP contribution in [0.15, 0.2) is 48.5 Å². The van der Waals surface area contributed by atoms with Gasteiger partial charge in [-0.05, 0) is 36.6 Å². The first-order chi connectivity index (χ1) is 12.3. The van der Waals surface area contributed by atoms with E-state index in [4.69, 9.17) is 0 Å². The second kappa shape index (κ2) is 7.07. The van der Waals surface area contributed by atoms with E-state index < -0.39 is 21.9 Å². The fourth-order valence-corrected chi connectivity index (χ4v) is 4.60. The van der Waals surface area contributed by atoms with Crippen LogP contribution in [0.2, 0.25) is 0 Å². The highest BCUT2D eigenvalue weighted by Crippen LogP contribution is 2.31. The third-order valence-corrected chi connectivity index (χ3v) is 5.72. The number of fused-ring (bicyclic) bond motifs is 1. The second-order valence-electron chi connectivity index (χ2n) is 6.30.